The Kier molecular flexibility index (Phi) is 4.63. The van der Waals surface area contributed by atoms with Crippen LogP contribution in [0.1, 0.15) is 32.8 Å². The fourth-order valence-electron chi connectivity index (χ4n) is 3.75. The number of fused-ring (bicyclic) bond motifs is 1. The predicted molar refractivity (Wildman–Crippen MR) is 110 cm³/mol. The van der Waals surface area contributed by atoms with E-state index in [2.05, 4.69) is 62.3 Å². The molecule has 1 fully saturated rings. The summed E-state index contributed by atoms with van der Waals surface area (Å²) in [5, 5.41) is 28.3. The zero-order valence-corrected chi connectivity index (χ0v) is 16.5. The number of nitrogens with one attached hydrogen (secondary N) is 1. The van der Waals surface area contributed by atoms with E-state index in [-0.39, 0.29) is 17.4 Å². The summed E-state index contributed by atoms with van der Waals surface area (Å²) in [6.45, 7) is 10.5. The first-order valence-corrected chi connectivity index (χ1v) is 9.65. The first-order chi connectivity index (χ1) is 13.2. The Morgan fingerprint density at radius 1 is 1.14 bits per heavy atom. The topological polar surface area (TPSA) is 82.7 Å². The zero-order chi connectivity index (χ0) is 20.1. The summed E-state index contributed by atoms with van der Waals surface area (Å²) in [6.07, 6.45) is 0.634. The van der Waals surface area contributed by atoms with Gasteiger partial charge >= 0.3 is 0 Å². The molecule has 2 aromatic heterocycles. The molecule has 28 heavy (non-hydrogen) atoms. The van der Waals surface area contributed by atoms with Gasteiger partial charge in [-0.2, -0.15) is 9.61 Å². The van der Waals surface area contributed by atoms with Gasteiger partial charge < -0.3 is 15.5 Å². The van der Waals surface area contributed by atoms with Crippen molar-refractivity contribution in [2.75, 3.05) is 5.32 Å². The number of aromatic nitrogens is 3. The lowest BCUT2D eigenvalue weighted by atomic mass is 9.86. The smallest absolute Gasteiger partial charge is 0.157 e. The minimum Gasteiger partial charge on any atom is -0.390 e. The van der Waals surface area contributed by atoms with Crippen molar-refractivity contribution in [2.24, 2.45) is 5.92 Å². The molecule has 1 aromatic carbocycles. The van der Waals surface area contributed by atoms with E-state index in [9.17, 15) is 10.2 Å². The molecule has 0 unspecified atom stereocenters. The fourth-order valence-corrected chi connectivity index (χ4v) is 3.75. The van der Waals surface area contributed by atoms with Crippen molar-refractivity contribution in [1.29, 1.82) is 0 Å². The van der Waals surface area contributed by atoms with Crippen molar-refractivity contribution in [2.45, 2.75) is 50.9 Å². The second-order valence-corrected chi connectivity index (χ2v) is 8.69. The van der Waals surface area contributed by atoms with Gasteiger partial charge in [0, 0.05) is 17.8 Å². The van der Waals surface area contributed by atoms with E-state index in [1.54, 1.807) is 10.7 Å². The highest BCUT2D eigenvalue weighted by atomic mass is 16.3. The van der Waals surface area contributed by atoms with Gasteiger partial charge in [-0.1, -0.05) is 39.0 Å². The molecule has 1 saturated carbocycles. The van der Waals surface area contributed by atoms with E-state index in [1.807, 2.05) is 12.1 Å². The number of anilines is 1. The van der Waals surface area contributed by atoms with Crippen molar-refractivity contribution in [3.05, 3.63) is 55.1 Å². The molecule has 6 heteroatoms. The number of nitrogens with zero attached hydrogens (tertiary/aromatic N) is 3. The molecular weight excluding hydrogens is 352 g/mol. The molecule has 1 radical (unpaired) electrons. The van der Waals surface area contributed by atoms with Gasteiger partial charge in [0.2, 0.25) is 0 Å². The summed E-state index contributed by atoms with van der Waals surface area (Å²) in [5.41, 5.74) is 3.91. The van der Waals surface area contributed by atoms with E-state index < -0.39 is 12.2 Å². The Hall–Kier alpha value is -2.44. The van der Waals surface area contributed by atoms with Crippen LogP contribution in [0.25, 0.3) is 16.9 Å². The Morgan fingerprint density at radius 3 is 2.61 bits per heavy atom. The highest BCUT2D eigenvalue weighted by Crippen LogP contribution is 2.30. The van der Waals surface area contributed by atoms with Crippen LogP contribution in [0.4, 0.5) is 5.82 Å². The van der Waals surface area contributed by atoms with Crippen molar-refractivity contribution in [3.63, 3.8) is 0 Å². The molecule has 0 bridgehead atoms. The molecule has 2 heterocycles. The largest absolute Gasteiger partial charge is 0.390 e. The van der Waals surface area contributed by atoms with Gasteiger partial charge in [-0.25, -0.2) is 4.98 Å². The van der Waals surface area contributed by atoms with Crippen LogP contribution in [0, 0.1) is 12.8 Å². The molecule has 0 spiro atoms. The minimum atomic E-state index is -0.857. The van der Waals surface area contributed by atoms with E-state index >= 15 is 0 Å². The maximum atomic E-state index is 10.3. The predicted octanol–water partition coefficient (Wildman–Crippen LogP) is 3.05. The molecule has 4 rings (SSSR count). The SMILES string of the molecule is [CH2][C@@H]1C[C@@H](Nc2ccnc3cc(-c4cccc(C(C)(C)C)c4)nn23)[C@H](O)[C@@H]1O. The summed E-state index contributed by atoms with van der Waals surface area (Å²) in [7, 11) is 0. The number of aliphatic hydroxyl groups excluding tert-OH is 2. The molecule has 147 valence electrons. The average Bonchev–Trinajstić information content (AvgIpc) is 3.19. The first kappa shape index (κ1) is 18.9. The molecule has 0 aliphatic heterocycles. The Labute approximate surface area is 165 Å². The second kappa shape index (κ2) is 6.87. The monoisotopic (exact) mass is 379 g/mol. The maximum absolute atomic E-state index is 10.3. The third-order valence-electron chi connectivity index (χ3n) is 5.52. The van der Waals surface area contributed by atoms with E-state index in [1.165, 1.54) is 5.56 Å². The van der Waals surface area contributed by atoms with E-state index in [0.717, 1.165) is 22.7 Å². The van der Waals surface area contributed by atoms with Gasteiger partial charge in [0.05, 0.1) is 17.8 Å². The summed E-state index contributed by atoms with van der Waals surface area (Å²) in [6, 6.07) is 11.9. The normalized spacial score (nSPS) is 25.4. The zero-order valence-electron chi connectivity index (χ0n) is 16.5. The molecule has 1 aliphatic carbocycles. The van der Waals surface area contributed by atoms with Crippen LogP contribution in [0.3, 0.4) is 0 Å². The van der Waals surface area contributed by atoms with Crippen LogP contribution in [0.5, 0.6) is 0 Å². The minimum absolute atomic E-state index is 0.0598. The third kappa shape index (κ3) is 3.38. The van der Waals surface area contributed by atoms with Gasteiger partial charge in [-0.3, -0.25) is 0 Å². The first-order valence-electron chi connectivity index (χ1n) is 9.65. The van der Waals surface area contributed by atoms with Crippen LogP contribution >= 0.6 is 0 Å². The lowest BCUT2D eigenvalue weighted by Crippen LogP contribution is -2.35. The Bertz CT molecular complexity index is 992. The van der Waals surface area contributed by atoms with Crippen LogP contribution in [-0.4, -0.2) is 43.1 Å². The molecule has 3 N–H and O–H groups in total. The number of rotatable bonds is 3. The van der Waals surface area contributed by atoms with Crippen LogP contribution in [-0.2, 0) is 5.41 Å². The van der Waals surface area contributed by atoms with Crippen molar-refractivity contribution < 1.29 is 10.2 Å². The average molecular weight is 379 g/mol. The molecule has 1 aliphatic rings. The van der Waals surface area contributed by atoms with Crippen molar-refractivity contribution in [1.82, 2.24) is 14.6 Å². The fraction of sp³-hybridized carbons (Fsp3) is 0.409. The highest BCUT2D eigenvalue weighted by molar-refractivity contribution is 5.66. The van der Waals surface area contributed by atoms with Gasteiger partial charge in [0.1, 0.15) is 11.9 Å². The van der Waals surface area contributed by atoms with Gasteiger partial charge in [-0.15, -0.1) is 0 Å². The molecular formula is C22H27N4O2. The lowest BCUT2D eigenvalue weighted by molar-refractivity contribution is 0.0256. The standard InChI is InChI=1S/C22H27N4O2/c1-13-10-17(21(28)20(13)27)24-18-8-9-23-19-12-16(25-26(18)19)14-6-5-7-15(11-14)22(2,3)4/h5-9,11-13,17,20-21,24,27-28H,1,10H2,2-4H3/t13-,17-,20-,21+/m1/s1. The van der Waals surface area contributed by atoms with Crippen LogP contribution in [0.15, 0.2) is 42.6 Å². The molecule has 4 atom stereocenters. The maximum Gasteiger partial charge on any atom is 0.157 e. The van der Waals surface area contributed by atoms with Gasteiger partial charge in [-0.05, 0) is 42.4 Å². The van der Waals surface area contributed by atoms with Gasteiger partial charge in [0.15, 0.2) is 5.65 Å². The summed E-state index contributed by atoms with van der Waals surface area (Å²) in [4.78, 5) is 4.42. The lowest BCUT2D eigenvalue weighted by Gasteiger charge is -2.19. The van der Waals surface area contributed by atoms with Crippen LogP contribution < -0.4 is 5.32 Å². The number of aliphatic hydroxyl groups is 2. The number of hydrogen-bond acceptors (Lipinski definition) is 5. The molecule has 6 nitrogen and oxygen atoms in total. The second-order valence-electron chi connectivity index (χ2n) is 8.69. The van der Waals surface area contributed by atoms with Crippen molar-refractivity contribution >= 4 is 11.5 Å². The quantitative estimate of drug-likeness (QED) is 0.652. The summed E-state index contributed by atoms with van der Waals surface area (Å²) < 4.78 is 1.74. The highest BCUT2D eigenvalue weighted by Gasteiger charge is 2.39. The Balaban J connectivity index is 1.68. The number of benzene rings is 1. The Morgan fingerprint density at radius 2 is 1.93 bits per heavy atom. The number of hydrogen-bond donors (Lipinski definition) is 3. The van der Waals surface area contributed by atoms with Gasteiger partial charge in [0.25, 0.3) is 0 Å². The van der Waals surface area contributed by atoms with Crippen LogP contribution in [0.2, 0.25) is 0 Å². The molecule has 0 saturated heterocycles. The van der Waals surface area contributed by atoms with Crippen molar-refractivity contribution in [3.8, 4) is 11.3 Å². The summed E-state index contributed by atoms with van der Waals surface area (Å²) in [5.74, 6) is 0.534. The molecule has 3 aromatic rings. The van der Waals surface area contributed by atoms with E-state index in [0.29, 0.717) is 6.42 Å². The summed E-state index contributed by atoms with van der Waals surface area (Å²) >= 11 is 0. The van der Waals surface area contributed by atoms with E-state index in [4.69, 9.17) is 5.10 Å². The third-order valence-corrected chi connectivity index (χ3v) is 5.52. The molecule has 0 amide bonds.